The maximum Gasteiger partial charge on any atom is 0.223 e. The van der Waals surface area contributed by atoms with Gasteiger partial charge in [0.2, 0.25) is 5.91 Å². The molecule has 1 aliphatic carbocycles. The monoisotopic (exact) mass is 265 g/mol. The Morgan fingerprint density at radius 2 is 2.11 bits per heavy atom. The van der Waals surface area contributed by atoms with Gasteiger partial charge in [0.25, 0.3) is 0 Å². The predicted molar refractivity (Wildman–Crippen MR) is 71.5 cm³/mol. The van der Waals surface area contributed by atoms with Crippen LogP contribution in [-0.4, -0.2) is 18.6 Å². The quantitative estimate of drug-likeness (QED) is 0.889. The van der Waals surface area contributed by atoms with Crippen LogP contribution in [0.15, 0.2) is 24.3 Å². The normalized spacial score (nSPS) is 22.2. The highest BCUT2D eigenvalue weighted by atomic mass is 19.1. The fourth-order valence-corrected chi connectivity index (χ4v) is 2.43. The van der Waals surface area contributed by atoms with Crippen LogP contribution in [0.3, 0.4) is 0 Å². The summed E-state index contributed by atoms with van der Waals surface area (Å²) in [5, 5.41) is 3.03. The molecule has 1 aromatic rings. The van der Waals surface area contributed by atoms with Gasteiger partial charge in [-0.3, -0.25) is 4.79 Å². The molecule has 1 N–H and O–H groups in total. The second kappa shape index (κ2) is 6.55. The molecule has 2 rings (SSSR count). The zero-order chi connectivity index (χ0) is 13.7. The van der Waals surface area contributed by atoms with Crippen LogP contribution < -0.4 is 10.1 Å². The van der Waals surface area contributed by atoms with Crippen molar-refractivity contribution >= 4 is 5.91 Å². The van der Waals surface area contributed by atoms with Gasteiger partial charge in [-0.15, -0.1) is 0 Å². The first-order valence-electron chi connectivity index (χ1n) is 6.81. The van der Waals surface area contributed by atoms with Crippen molar-refractivity contribution in [2.75, 3.05) is 6.61 Å². The molecule has 1 fully saturated rings. The first kappa shape index (κ1) is 13.8. The molecule has 0 aliphatic heterocycles. The van der Waals surface area contributed by atoms with Crippen LogP contribution in [0.5, 0.6) is 5.75 Å². The zero-order valence-corrected chi connectivity index (χ0v) is 11.2. The third-order valence-corrected chi connectivity index (χ3v) is 3.47. The molecule has 0 spiro atoms. The number of amides is 1. The second-order valence-electron chi connectivity index (χ2n) is 5.24. The van der Waals surface area contributed by atoms with Crippen molar-refractivity contribution in [3.8, 4) is 5.75 Å². The lowest BCUT2D eigenvalue weighted by atomic mass is 10.1. The number of rotatable bonds is 5. The Morgan fingerprint density at radius 3 is 2.74 bits per heavy atom. The summed E-state index contributed by atoms with van der Waals surface area (Å²) >= 11 is 0. The Labute approximate surface area is 113 Å². The Kier molecular flexibility index (Phi) is 4.77. The van der Waals surface area contributed by atoms with E-state index in [-0.39, 0.29) is 11.7 Å². The van der Waals surface area contributed by atoms with Crippen LogP contribution in [0.4, 0.5) is 4.39 Å². The van der Waals surface area contributed by atoms with Gasteiger partial charge < -0.3 is 10.1 Å². The average Bonchev–Trinajstić information content (AvgIpc) is 2.77. The number of nitrogens with one attached hydrogen (secondary N) is 1. The van der Waals surface area contributed by atoms with E-state index in [2.05, 4.69) is 12.2 Å². The van der Waals surface area contributed by atoms with E-state index in [9.17, 15) is 9.18 Å². The number of halogens is 1. The lowest BCUT2D eigenvalue weighted by Crippen LogP contribution is -2.33. The zero-order valence-electron chi connectivity index (χ0n) is 11.2. The summed E-state index contributed by atoms with van der Waals surface area (Å²) in [6, 6.07) is 6.14. The van der Waals surface area contributed by atoms with Gasteiger partial charge in [0, 0.05) is 6.04 Å². The molecule has 3 nitrogen and oxygen atoms in total. The minimum absolute atomic E-state index is 0.0289. The molecule has 19 heavy (non-hydrogen) atoms. The highest BCUT2D eigenvalue weighted by molar-refractivity contribution is 5.76. The SMILES string of the molecule is CC1CCC(NC(=O)CCOc2ccc(F)cc2)C1. The van der Waals surface area contributed by atoms with E-state index in [1.165, 1.54) is 18.6 Å². The summed E-state index contributed by atoms with van der Waals surface area (Å²) < 4.78 is 18.1. The number of carbonyl (C=O) groups is 1. The van der Waals surface area contributed by atoms with E-state index in [1.807, 2.05) is 0 Å². The summed E-state index contributed by atoms with van der Waals surface area (Å²) in [5.74, 6) is 1.03. The fraction of sp³-hybridized carbons (Fsp3) is 0.533. The molecule has 0 saturated heterocycles. The van der Waals surface area contributed by atoms with Crippen molar-refractivity contribution in [3.05, 3.63) is 30.1 Å². The van der Waals surface area contributed by atoms with Crippen molar-refractivity contribution in [3.63, 3.8) is 0 Å². The van der Waals surface area contributed by atoms with Crippen molar-refractivity contribution < 1.29 is 13.9 Å². The van der Waals surface area contributed by atoms with Crippen molar-refractivity contribution in [2.24, 2.45) is 5.92 Å². The molecule has 0 radical (unpaired) electrons. The van der Waals surface area contributed by atoms with Crippen molar-refractivity contribution in [1.82, 2.24) is 5.32 Å². The first-order valence-corrected chi connectivity index (χ1v) is 6.81. The average molecular weight is 265 g/mol. The lowest BCUT2D eigenvalue weighted by Gasteiger charge is -2.12. The molecular weight excluding hydrogens is 245 g/mol. The van der Waals surface area contributed by atoms with Crippen LogP contribution in [0.25, 0.3) is 0 Å². The van der Waals surface area contributed by atoms with Gasteiger partial charge in [-0.05, 0) is 49.4 Å². The fourth-order valence-electron chi connectivity index (χ4n) is 2.43. The Balaban J connectivity index is 1.65. The molecule has 4 heteroatoms. The lowest BCUT2D eigenvalue weighted by molar-refractivity contribution is -0.122. The van der Waals surface area contributed by atoms with Crippen LogP contribution in [-0.2, 0) is 4.79 Å². The number of carbonyl (C=O) groups excluding carboxylic acids is 1. The first-order chi connectivity index (χ1) is 9.13. The van der Waals surface area contributed by atoms with Crippen LogP contribution >= 0.6 is 0 Å². The molecule has 2 unspecified atom stereocenters. The van der Waals surface area contributed by atoms with Gasteiger partial charge in [-0.25, -0.2) is 4.39 Å². The van der Waals surface area contributed by atoms with E-state index >= 15 is 0 Å². The molecule has 0 aromatic heterocycles. The predicted octanol–water partition coefficient (Wildman–Crippen LogP) is 2.90. The Hall–Kier alpha value is -1.58. The summed E-state index contributed by atoms with van der Waals surface area (Å²) in [7, 11) is 0. The smallest absolute Gasteiger partial charge is 0.223 e. The van der Waals surface area contributed by atoms with Gasteiger partial charge in [0.1, 0.15) is 11.6 Å². The van der Waals surface area contributed by atoms with Gasteiger partial charge >= 0.3 is 0 Å². The third-order valence-electron chi connectivity index (χ3n) is 3.47. The van der Waals surface area contributed by atoms with Crippen LogP contribution in [0.2, 0.25) is 0 Å². The topological polar surface area (TPSA) is 38.3 Å². The van der Waals surface area contributed by atoms with Gasteiger partial charge in [-0.2, -0.15) is 0 Å². The standard InChI is InChI=1S/C15H20FNO2/c1-11-2-5-13(10-11)17-15(18)8-9-19-14-6-3-12(16)4-7-14/h3-4,6-7,11,13H,2,5,8-10H2,1H3,(H,17,18). The van der Waals surface area contributed by atoms with E-state index in [4.69, 9.17) is 4.74 Å². The van der Waals surface area contributed by atoms with Crippen LogP contribution in [0.1, 0.15) is 32.6 Å². The van der Waals surface area contributed by atoms with E-state index in [1.54, 1.807) is 12.1 Å². The Bertz CT molecular complexity index is 419. The van der Waals surface area contributed by atoms with E-state index in [0.717, 1.165) is 12.8 Å². The minimum Gasteiger partial charge on any atom is -0.493 e. The number of ether oxygens (including phenoxy) is 1. The molecule has 1 amide bonds. The summed E-state index contributed by atoms with van der Waals surface area (Å²) in [5.41, 5.74) is 0. The highest BCUT2D eigenvalue weighted by Crippen LogP contribution is 2.24. The largest absolute Gasteiger partial charge is 0.493 e. The maximum atomic E-state index is 12.7. The molecule has 1 aromatic carbocycles. The van der Waals surface area contributed by atoms with Gasteiger partial charge in [0.05, 0.1) is 13.0 Å². The molecule has 1 saturated carbocycles. The number of benzene rings is 1. The summed E-state index contributed by atoms with van der Waals surface area (Å²) in [6.07, 6.45) is 3.68. The Morgan fingerprint density at radius 1 is 1.37 bits per heavy atom. The number of hydrogen-bond acceptors (Lipinski definition) is 2. The molecule has 104 valence electrons. The van der Waals surface area contributed by atoms with E-state index < -0.39 is 0 Å². The molecule has 2 atom stereocenters. The molecular formula is C15H20FNO2. The van der Waals surface area contributed by atoms with Crippen molar-refractivity contribution in [1.29, 1.82) is 0 Å². The molecule has 1 aliphatic rings. The van der Waals surface area contributed by atoms with Gasteiger partial charge in [-0.1, -0.05) is 6.92 Å². The second-order valence-corrected chi connectivity index (χ2v) is 5.24. The number of hydrogen-bond donors (Lipinski definition) is 1. The van der Waals surface area contributed by atoms with Crippen LogP contribution in [0, 0.1) is 11.7 Å². The molecule has 0 heterocycles. The molecule has 0 bridgehead atoms. The maximum absolute atomic E-state index is 12.7. The minimum atomic E-state index is -0.291. The third kappa shape index (κ3) is 4.54. The summed E-state index contributed by atoms with van der Waals surface area (Å²) in [6.45, 7) is 2.53. The summed E-state index contributed by atoms with van der Waals surface area (Å²) in [4.78, 5) is 11.7. The van der Waals surface area contributed by atoms with E-state index in [0.29, 0.717) is 30.7 Å². The van der Waals surface area contributed by atoms with Gasteiger partial charge in [0.15, 0.2) is 0 Å². The van der Waals surface area contributed by atoms with Crippen molar-refractivity contribution in [2.45, 2.75) is 38.6 Å². The highest BCUT2D eigenvalue weighted by Gasteiger charge is 2.22.